The largest absolute Gasteiger partial charge is 0.465 e. The summed E-state index contributed by atoms with van der Waals surface area (Å²) in [5.41, 5.74) is 2.79. The number of nitrogens with one attached hydrogen (secondary N) is 2. The fourth-order valence-electron chi connectivity index (χ4n) is 2.86. The highest BCUT2D eigenvalue weighted by molar-refractivity contribution is 6.04. The predicted molar refractivity (Wildman–Crippen MR) is 105 cm³/mol. The molecule has 1 amide bonds. The molecular weight excluding hydrogens is 376 g/mol. The summed E-state index contributed by atoms with van der Waals surface area (Å²) in [4.78, 5) is 51.4. The van der Waals surface area contributed by atoms with Gasteiger partial charge in [0.1, 0.15) is 6.54 Å². The quantitative estimate of drug-likeness (QED) is 0.544. The van der Waals surface area contributed by atoms with Crippen LogP contribution in [0.15, 0.2) is 24.3 Å². The highest BCUT2D eigenvalue weighted by Crippen LogP contribution is 2.20. The molecule has 8 heteroatoms. The molecule has 0 aliphatic carbocycles. The van der Waals surface area contributed by atoms with Gasteiger partial charge in [-0.2, -0.15) is 0 Å². The molecule has 1 aromatic heterocycles. The molecule has 1 aromatic carbocycles. The first-order chi connectivity index (χ1) is 13.6. The summed E-state index contributed by atoms with van der Waals surface area (Å²) in [6, 6.07) is 6.88. The van der Waals surface area contributed by atoms with E-state index in [4.69, 9.17) is 9.47 Å². The lowest BCUT2D eigenvalue weighted by atomic mass is 10.1. The van der Waals surface area contributed by atoms with Crippen molar-refractivity contribution >= 4 is 23.6 Å². The molecule has 0 spiro atoms. The van der Waals surface area contributed by atoms with Crippen LogP contribution in [0.4, 0.5) is 0 Å². The highest BCUT2D eigenvalue weighted by atomic mass is 16.5. The van der Waals surface area contributed by atoms with Crippen molar-refractivity contribution in [1.82, 2.24) is 10.3 Å². The molecule has 1 unspecified atom stereocenters. The number of carbonyl (C=O) groups is 4. The summed E-state index contributed by atoms with van der Waals surface area (Å²) in [7, 11) is 1.25. The number of benzene rings is 1. The summed E-state index contributed by atoms with van der Waals surface area (Å²) < 4.78 is 9.84. The van der Waals surface area contributed by atoms with E-state index in [1.54, 1.807) is 38.1 Å². The Hall–Kier alpha value is -3.42. The summed E-state index contributed by atoms with van der Waals surface area (Å²) in [5.74, 6) is -2.21. The maximum atomic E-state index is 12.6. The number of rotatable bonds is 7. The number of esters is 2. The summed E-state index contributed by atoms with van der Waals surface area (Å²) in [6.45, 7) is 6.21. The van der Waals surface area contributed by atoms with Gasteiger partial charge in [0, 0.05) is 11.3 Å². The minimum Gasteiger partial charge on any atom is -0.465 e. The molecule has 0 bridgehead atoms. The number of amides is 1. The number of Topliss-reactive ketones (excluding diaryl/α,β-unsaturated/α-hetero) is 1. The van der Waals surface area contributed by atoms with Gasteiger partial charge >= 0.3 is 11.9 Å². The van der Waals surface area contributed by atoms with Crippen molar-refractivity contribution in [2.24, 2.45) is 0 Å². The van der Waals surface area contributed by atoms with Crippen LogP contribution < -0.4 is 5.32 Å². The van der Waals surface area contributed by atoms with Crippen molar-refractivity contribution < 1.29 is 28.7 Å². The number of ether oxygens (including phenoxy) is 2. The molecule has 1 atom stereocenters. The maximum absolute atomic E-state index is 12.6. The number of aryl methyl sites for hydroxylation is 2. The monoisotopic (exact) mass is 400 g/mol. The normalized spacial score (nSPS) is 11.5. The molecule has 2 N–H and O–H groups in total. The summed E-state index contributed by atoms with van der Waals surface area (Å²) in [6.07, 6.45) is -1.10. The number of hydrogen-bond donors (Lipinski definition) is 2. The van der Waals surface area contributed by atoms with Crippen molar-refractivity contribution in [3.63, 3.8) is 0 Å². The number of carbonyl (C=O) groups excluding carboxylic acids is 4. The average Bonchev–Trinajstić information content (AvgIpc) is 2.99. The van der Waals surface area contributed by atoms with Crippen molar-refractivity contribution in [1.29, 1.82) is 0 Å². The smallest absolute Gasteiger partial charge is 0.339 e. The molecule has 154 valence electrons. The van der Waals surface area contributed by atoms with Crippen LogP contribution in [0.1, 0.15) is 54.9 Å². The van der Waals surface area contributed by atoms with Gasteiger partial charge in [0.25, 0.3) is 5.91 Å². The number of ketones is 1. The molecular formula is C21H24N2O6. The topological polar surface area (TPSA) is 115 Å². The number of hydrogen-bond acceptors (Lipinski definition) is 6. The van der Waals surface area contributed by atoms with Gasteiger partial charge in [-0.05, 0) is 45.4 Å². The van der Waals surface area contributed by atoms with Crippen LogP contribution >= 0.6 is 0 Å². The third kappa shape index (κ3) is 5.10. The molecule has 1 heterocycles. The van der Waals surface area contributed by atoms with Crippen LogP contribution in [-0.4, -0.2) is 48.4 Å². The van der Waals surface area contributed by atoms with E-state index in [0.717, 1.165) is 5.56 Å². The Balaban J connectivity index is 1.97. The molecule has 0 aliphatic rings. The predicted octanol–water partition coefficient (Wildman–Crippen LogP) is 2.27. The maximum Gasteiger partial charge on any atom is 0.339 e. The van der Waals surface area contributed by atoms with Crippen molar-refractivity contribution in [3.05, 3.63) is 57.9 Å². The van der Waals surface area contributed by atoms with E-state index in [-0.39, 0.29) is 17.8 Å². The minimum atomic E-state index is -1.10. The van der Waals surface area contributed by atoms with Gasteiger partial charge in [-0.15, -0.1) is 0 Å². The van der Waals surface area contributed by atoms with Crippen LogP contribution in [0.5, 0.6) is 0 Å². The van der Waals surface area contributed by atoms with E-state index in [9.17, 15) is 19.2 Å². The van der Waals surface area contributed by atoms with E-state index < -0.39 is 29.7 Å². The minimum absolute atomic E-state index is 0.173. The molecule has 0 radical (unpaired) electrons. The van der Waals surface area contributed by atoms with E-state index in [1.165, 1.54) is 14.0 Å². The molecule has 8 nitrogen and oxygen atoms in total. The van der Waals surface area contributed by atoms with Gasteiger partial charge in [0.05, 0.1) is 18.4 Å². The van der Waals surface area contributed by atoms with Gasteiger partial charge in [-0.25, -0.2) is 4.79 Å². The zero-order valence-electron chi connectivity index (χ0n) is 17.0. The van der Waals surface area contributed by atoms with Crippen LogP contribution in [0.3, 0.4) is 0 Å². The van der Waals surface area contributed by atoms with Crippen LogP contribution in [0.25, 0.3) is 0 Å². The lowest BCUT2D eigenvalue weighted by Gasteiger charge is -2.13. The Kier molecular flexibility index (Phi) is 6.93. The van der Waals surface area contributed by atoms with E-state index >= 15 is 0 Å². The Morgan fingerprint density at radius 1 is 1.07 bits per heavy atom. The van der Waals surface area contributed by atoms with E-state index in [0.29, 0.717) is 16.8 Å². The SMILES string of the molecule is COC(=O)c1c(C)[nH]c(C(=O)C(C)OC(=O)CNC(=O)c2ccc(C)cc2)c1C. The van der Waals surface area contributed by atoms with Gasteiger partial charge in [-0.1, -0.05) is 17.7 Å². The summed E-state index contributed by atoms with van der Waals surface area (Å²) >= 11 is 0. The second kappa shape index (κ2) is 9.18. The molecule has 0 saturated carbocycles. The third-order valence-electron chi connectivity index (χ3n) is 4.46. The first-order valence-corrected chi connectivity index (χ1v) is 9.01. The van der Waals surface area contributed by atoms with Crippen LogP contribution in [0, 0.1) is 20.8 Å². The Morgan fingerprint density at radius 2 is 1.69 bits per heavy atom. The number of aromatic nitrogens is 1. The lowest BCUT2D eigenvalue weighted by molar-refractivity contribution is -0.145. The van der Waals surface area contributed by atoms with Gasteiger partial charge < -0.3 is 19.8 Å². The van der Waals surface area contributed by atoms with Crippen molar-refractivity contribution in [3.8, 4) is 0 Å². The summed E-state index contributed by atoms with van der Waals surface area (Å²) in [5, 5.41) is 2.46. The van der Waals surface area contributed by atoms with Crippen LogP contribution in [-0.2, 0) is 14.3 Å². The van der Waals surface area contributed by atoms with Gasteiger partial charge in [-0.3, -0.25) is 14.4 Å². The number of H-pyrrole nitrogens is 1. The van der Waals surface area contributed by atoms with E-state index in [1.807, 2.05) is 6.92 Å². The Bertz CT molecular complexity index is 943. The second-order valence-electron chi connectivity index (χ2n) is 6.66. The van der Waals surface area contributed by atoms with Crippen molar-refractivity contribution in [2.45, 2.75) is 33.8 Å². The lowest BCUT2D eigenvalue weighted by Crippen LogP contribution is -2.34. The fourth-order valence-corrected chi connectivity index (χ4v) is 2.86. The molecule has 2 aromatic rings. The number of methoxy groups -OCH3 is 1. The second-order valence-corrected chi connectivity index (χ2v) is 6.66. The molecule has 0 aliphatic heterocycles. The molecule has 2 rings (SSSR count). The first kappa shape index (κ1) is 21.9. The van der Waals surface area contributed by atoms with E-state index in [2.05, 4.69) is 10.3 Å². The third-order valence-corrected chi connectivity index (χ3v) is 4.46. The van der Waals surface area contributed by atoms with Crippen LogP contribution in [0.2, 0.25) is 0 Å². The molecule has 29 heavy (non-hydrogen) atoms. The zero-order chi connectivity index (χ0) is 21.7. The Morgan fingerprint density at radius 3 is 2.28 bits per heavy atom. The first-order valence-electron chi connectivity index (χ1n) is 9.01. The standard InChI is InChI=1S/C21H24N2O6/c1-11-6-8-15(9-7-11)20(26)22-10-16(24)29-14(4)19(25)18-12(2)17(13(3)23-18)21(27)28-5/h6-9,14,23H,10H2,1-5H3,(H,22,26). The Labute approximate surface area is 168 Å². The van der Waals surface area contributed by atoms with Crippen molar-refractivity contribution in [2.75, 3.05) is 13.7 Å². The average molecular weight is 400 g/mol. The van der Waals surface area contributed by atoms with Gasteiger partial charge in [0.15, 0.2) is 6.10 Å². The molecule has 0 fully saturated rings. The number of aromatic amines is 1. The highest BCUT2D eigenvalue weighted by Gasteiger charge is 2.27. The zero-order valence-corrected chi connectivity index (χ0v) is 17.0. The van der Waals surface area contributed by atoms with Gasteiger partial charge in [0.2, 0.25) is 5.78 Å². The molecule has 0 saturated heterocycles. The fraction of sp³-hybridized carbons (Fsp3) is 0.333.